The molecule has 0 bridgehead atoms. The number of ether oxygens (including phenoxy) is 1. The van der Waals surface area contributed by atoms with Crippen LogP contribution in [0.5, 0.6) is 0 Å². The molecule has 0 N–H and O–H groups in total. The first-order valence-electron chi connectivity index (χ1n) is 8.26. The molecule has 1 aromatic carbocycles. The number of hydrogen-bond acceptors (Lipinski definition) is 5. The Morgan fingerprint density at radius 3 is 2.73 bits per heavy atom. The van der Waals surface area contributed by atoms with Crippen LogP contribution in [0.15, 0.2) is 29.4 Å². The van der Waals surface area contributed by atoms with E-state index in [-0.39, 0.29) is 16.0 Å². The first-order valence-corrected chi connectivity index (χ1v) is 10.1. The van der Waals surface area contributed by atoms with Crippen molar-refractivity contribution in [1.82, 2.24) is 19.1 Å². The summed E-state index contributed by atoms with van der Waals surface area (Å²) < 4.78 is 47.3. The second-order valence-corrected chi connectivity index (χ2v) is 8.45. The molecule has 7 nitrogen and oxygen atoms in total. The lowest BCUT2D eigenvalue weighted by Crippen LogP contribution is -2.39. The number of sulfonamides is 1. The van der Waals surface area contributed by atoms with E-state index in [4.69, 9.17) is 16.3 Å². The van der Waals surface area contributed by atoms with Crippen molar-refractivity contribution in [1.29, 1.82) is 0 Å². The van der Waals surface area contributed by atoms with Gasteiger partial charge in [-0.15, -0.1) is 10.2 Å². The number of halogens is 2. The molecule has 2 heterocycles. The molecule has 26 heavy (non-hydrogen) atoms. The van der Waals surface area contributed by atoms with E-state index >= 15 is 0 Å². The van der Waals surface area contributed by atoms with Crippen molar-refractivity contribution in [2.75, 3.05) is 26.8 Å². The minimum absolute atomic E-state index is 0.00688. The predicted octanol–water partition coefficient (Wildman–Crippen LogP) is 2.29. The Bertz CT molecular complexity index is 866. The van der Waals surface area contributed by atoms with E-state index in [1.165, 1.54) is 10.4 Å². The number of hydrogen-bond donors (Lipinski definition) is 0. The van der Waals surface area contributed by atoms with E-state index in [2.05, 4.69) is 10.2 Å². The first kappa shape index (κ1) is 19.2. The van der Waals surface area contributed by atoms with Gasteiger partial charge in [0.05, 0.1) is 16.5 Å². The van der Waals surface area contributed by atoms with Crippen molar-refractivity contribution in [2.24, 2.45) is 0 Å². The van der Waals surface area contributed by atoms with Crippen molar-refractivity contribution in [3.63, 3.8) is 0 Å². The quantitative estimate of drug-likeness (QED) is 0.740. The number of rotatable bonds is 6. The first-order chi connectivity index (χ1) is 12.4. The van der Waals surface area contributed by atoms with Crippen LogP contribution in [-0.4, -0.2) is 54.3 Å². The summed E-state index contributed by atoms with van der Waals surface area (Å²) in [5.41, 5.74) is 0. The fraction of sp³-hybridized carbons (Fsp3) is 0.500. The summed E-state index contributed by atoms with van der Waals surface area (Å²) in [6.45, 7) is 1.28. The average Bonchev–Trinajstić information content (AvgIpc) is 3.10. The molecule has 1 aromatic heterocycles. The minimum Gasteiger partial charge on any atom is -0.384 e. The maximum Gasteiger partial charge on any atom is 0.243 e. The van der Waals surface area contributed by atoms with Gasteiger partial charge in [-0.05, 0) is 31.0 Å². The highest BCUT2D eigenvalue weighted by Crippen LogP contribution is 2.29. The Hall–Kier alpha value is -1.55. The Labute approximate surface area is 156 Å². The summed E-state index contributed by atoms with van der Waals surface area (Å²) in [4.78, 5) is 0.00688. The Balaban J connectivity index is 1.70. The molecule has 1 saturated heterocycles. The molecular weight excluding hydrogens is 383 g/mol. The molecule has 0 atom stereocenters. The molecule has 0 radical (unpaired) electrons. The third kappa shape index (κ3) is 3.90. The van der Waals surface area contributed by atoms with Crippen LogP contribution >= 0.6 is 11.6 Å². The molecule has 1 aliphatic heterocycles. The average molecular weight is 403 g/mol. The van der Waals surface area contributed by atoms with Gasteiger partial charge < -0.3 is 9.30 Å². The highest BCUT2D eigenvalue weighted by atomic mass is 35.5. The van der Waals surface area contributed by atoms with Crippen molar-refractivity contribution in [3.05, 3.63) is 41.2 Å². The van der Waals surface area contributed by atoms with Crippen LogP contribution in [0.25, 0.3) is 0 Å². The largest absolute Gasteiger partial charge is 0.384 e. The SMILES string of the molecule is COCCc1nncn1C1CCN(S(=O)(=O)c2ccc(F)c(Cl)c2)CC1. The fourth-order valence-electron chi connectivity index (χ4n) is 3.09. The minimum atomic E-state index is -3.70. The molecule has 0 aliphatic carbocycles. The zero-order valence-electron chi connectivity index (χ0n) is 14.3. The van der Waals surface area contributed by atoms with Gasteiger partial charge in [0.25, 0.3) is 0 Å². The summed E-state index contributed by atoms with van der Waals surface area (Å²) in [6, 6.07) is 3.60. The summed E-state index contributed by atoms with van der Waals surface area (Å²) in [5, 5.41) is 7.87. The molecule has 0 saturated carbocycles. The van der Waals surface area contributed by atoms with Crippen LogP contribution < -0.4 is 0 Å². The smallest absolute Gasteiger partial charge is 0.243 e. The van der Waals surface area contributed by atoms with Gasteiger partial charge in [-0.25, -0.2) is 12.8 Å². The van der Waals surface area contributed by atoms with Gasteiger partial charge in [-0.1, -0.05) is 11.6 Å². The number of nitrogens with zero attached hydrogens (tertiary/aromatic N) is 4. The molecular formula is C16H20ClFN4O3S. The summed E-state index contributed by atoms with van der Waals surface area (Å²) in [7, 11) is -2.07. The Kier molecular flexibility index (Phi) is 5.91. The lowest BCUT2D eigenvalue weighted by Gasteiger charge is -2.32. The van der Waals surface area contributed by atoms with Gasteiger partial charge in [0.2, 0.25) is 10.0 Å². The van der Waals surface area contributed by atoms with Crippen LogP contribution in [0.2, 0.25) is 5.02 Å². The molecule has 3 rings (SSSR count). The molecule has 2 aromatic rings. The maximum atomic E-state index is 13.3. The monoisotopic (exact) mass is 402 g/mol. The van der Waals surface area contributed by atoms with Crippen LogP contribution in [0.3, 0.4) is 0 Å². The number of piperidine rings is 1. The van der Waals surface area contributed by atoms with Gasteiger partial charge in [-0.2, -0.15) is 4.31 Å². The highest BCUT2D eigenvalue weighted by Gasteiger charge is 2.31. The van der Waals surface area contributed by atoms with Gasteiger partial charge in [0.1, 0.15) is 18.0 Å². The lowest BCUT2D eigenvalue weighted by molar-refractivity contribution is 0.197. The van der Waals surface area contributed by atoms with Crippen molar-refractivity contribution >= 4 is 21.6 Å². The van der Waals surface area contributed by atoms with E-state index in [9.17, 15) is 12.8 Å². The van der Waals surface area contributed by atoms with Crippen molar-refractivity contribution in [3.8, 4) is 0 Å². The third-order valence-corrected chi connectivity index (χ3v) is 6.71. The van der Waals surface area contributed by atoms with E-state index < -0.39 is 15.8 Å². The van der Waals surface area contributed by atoms with Crippen LogP contribution in [0, 0.1) is 5.82 Å². The van der Waals surface area contributed by atoms with Crippen LogP contribution in [-0.2, 0) is 21.2 Å². The summed E-state index contributed by atoms with van der Waals surface area (Å²) >= 11 is 5.72. The summed E-state index contributed by atoms with van der Waals surface area (Å²) in [5.74, 6) is 0.194. The van der Waals surface area contributed by atoms with E-state index in [0.29, 0.717) is 39.0 Å². The predicted molar refractivity (Wildman–Crippen MR) is 94.0 cm³/mol. The fourth-order valence-corrected chi connectivity index (χ4v) is 4.83. The Morgan fingerprint density at radius 2 is 2.08 bits per heavy atom. The number of aromatic nitrogens is 3. The molecule has 142 valence electrons. The van der Waals surface area contributed by atoms with Crippen molar-refractivity contribution < 1.29 is 17.5 Å². The normalized spacial score (nSPS) is 16.9. The number of methoxy groups -OCH3 is 1. The summed E-state index contributed by atoms with van der Waals surface area (Å²) in [6.07, 6.45) is 3.63. The maximum absolute atomic E-state index is 13.3. The molecule has 0 amide bonds. The lowest BCUT2D eigenvalue weighted by atomic mass is 10.1. The molecule has 0 unspecified atom stereocenters. The third-order valence-electron chi connectivity index (χ3n) is 4.52. The van der Waals surface area contributed by atoms with Crippen molar-refractivity contribution in [2.45, 2.75) is 30.2 Å². The highest BCUT2D eigenvalue weighted by molar-refractivity contribution is 7.89. The molecule has 10 heteroatoms. The van der Waals surface area contributed by atoms with Crippen LogP contribution in [0.1, 0.15) is 24.7 Å². The number of benzene rings is 1. The molecule has 0 spiro atoms. The van der Waals surface area contributed by atoms with Crippen LogP contribution in [0.4, 0.5) is 4.39 Å². The zero-order chi connectivity index (χ0) is 18.7. The molecule has 1 fully saturated rings. The van der Waals surface area contributed by atoms with Gasteiger partial charge in [-0.3, -0.25) is 0 Å². The standard InChI is InChI=1S/C16H20ClFN4O3S/c1-25-9-6-16-20-19-11-22(16)12-4-7-21(8-5-12)26(23,24)13-2-3-15(18)14(17)10-13/h2-3,10-12H,4-9H2,1H3. The van der Waals surface area contributed by atoms with Gasteiger partial charge in [0.15, 0.2) is 0 Å². The second-order valence-electron chi connectivity index (χ2n) is 6.11. The molecule has 1 aliphatic rings. The second kappa shape index (κ2) is 7.99. The van der Waals surface area contributed by atoms with E-state index in [1.54, 1.807) is 13.4 Å². The van der Waals surface area contributed by atoms with Gasteiger partial charge >= 0.3 is 0 Å². The Morgan fingerprint density at radius 1 is 1.35 bits per heavy atom. The topological polar surface area (TPSA) is 77.3 Å². The van der Waals surface area contributed by atoms with E-state index in [1.807, 2.05) is 4.57 Å². The van der Waals surface area contributed by atoms with Gasteiger partial charge in [0, 0.05) is 32.7 Å². The zero-order valence-corrected chi connectivity index (χ0v) is 15.9. The van der Waals surface area contributed by atoms with E-state index in [0.717, 1.165) is 18.0 Å².